The lowest BCUT2D eigenvalue weighted by molar-refractivity contribution is -0.111. The molecule has 4 aromatic rings. The maximum atomic E-state index is 12.8. The van der Waals surface area contributed by atoms with E-state index < -0.39 is 5.91 Å². The molecule has 0 aliphatic heterocycles. The molecule has 0 aliphatic carbocycles. The van der Waals surface area contributed by atoms with Crippen LogP contribution in [0.2, 0.25) is 5.02 Å². The summed E-state index contributed by atoms with van der Waals surface area (Å²) in [5.41, 5.74) is 3.71. The highest BCUT2D eigenvalue weighted by Gasteiger charge is 2.16. The smallest absolute Gasteiger partial charge is 0.248 e. The van der Waals surface area contributed by atoms with Crippen molar-refractivity contribution >= 4 is 51.2 Å². The molecule has 0 saturated carbocycles. The zero-order chi connectivity index (χ0) is 30.8. The number of hydrogen-bond acceptors (Lipinski definition) is 9. The Morgan fingerprint density at radius 3 is 2.65 bits per heavy atom. The van der Waals surface area contributed by atoms with Crippen LogP contribution in [0.15, 0.2) is 78.2 Å². The lowest BCUT2D eigenvalue weighted by Gasteiger charge is -2.16. The number of oxime groups is 1. The highest BCUT2D eigenvalue weighted by Crippen LogP contribution is 2.37. The number of nitrogens with one attached hydrogen (secondary N) is 2. The summed E-state index contributed by atoms with van der Waals surface area (Å²) in [6, 6.07) is 16.4. The molecule has 0 atom stereocenters. The van der Waals surface area contributed by atoms with Gasteiger partial charge in [-0.2, -0.15) is 5.26 Å². The van der Waals surface area contributed by atoms with E-state index in [9.17, 15) is 10.1 Å². The van der Waals surface area contributed by atoms with Crippen LogP contribution < -0.4 is 20.1 Å². The predicted octanol–water partition coefficient (Wildman–Crippen LogP) is 7.17. The topological polar surface area (TPSA) is 131 Å². The number of carbonyl (C=O) groups excluding carboxylic acids is 1. The normalized spacial score (nSPS) is 11.4. The average Bonchev–Trinajstić information content (AvgIpc) is 3.00. The van der Waals surface area contributed by atoms with E-state index in [0.29, 0.717) is 62.4 Å². The fourth-order valence-corrected chi connectivity index (χ4v) is 4.11. The Morgan fingerprint density at radius 2 is 1.95 bits per heavy atom. The number of rotatable bonds is 12. The van der Waals surface area contributed by atoms with Crippen LogP contribution in [0.4, 0.5) is 17.1 Å². The van der Waals surface area contributed by atoms with Crippen LogP contribution in [-0.2, 0) is 16.2 Å². The number of carbonyl (C=O) groups is 1. The van der Waals surface area contributed by atoms with Gasteiger partial charge in [-0.05, 0) is 70.2 Å². The van der Waals surface area contributed by atoms with Gasteiger partial charge < -0.3 is 24.9 Å². The fraction of sp³-hybridized carbons (Fsp3) is 0.219. The minimum atomic E-state index is -0.397. The molecule has 0 radical (unpaired) electrons. The van der Waals surface area contributed by atoms with Gasteiger partial charge in [0, 0.05) is 35.6 Å². The van der Waals surface area contributed by atoms with E-state index in [1.165, 1.54) is 12.3 Å². The first-order chi connectivity index (χ1) is 20.8. The van der Waals surface area contributed by atoms with Crippen LogP contribution >= 0.6 is 11.6 Å². The van der Waals surface area contributed by atoms with E-state index in [4.69, 9.17) is 25.9 Å². The Labute approximate surface area is 255 Å². The van der Waals surface area contributed by atoms with Crippen molar-refractivity contribution in [2.45, 2.75) is 40.4 Å². The molecule has 0 aliphatic rings. The Morgan fingerprint density at radius 1 is 1.12 bits per heavy atom. The largest absolute Gasteiger partial charge is 0.492 e. The van der Waals surface area contributed by atoms with Gasteiger partial charge >= 0.3 is 0 Å². The molecular weight excluding hydrogens is 568 g/mol. The average molecular weight is 599 g/mol. The van der Waals surface area contributed by atoms with Crippen molar-refractivity contribution in [3.8, 4) is 17.6 Å². The summed E-state index contributed by atoms with van der Waals surface area (Å²) in [6.45, 7) is 7.94. The van der Waals surface area contributed by atoms with Gasteiger partial charge in [0.1, 0.15) is 30.3 Å². The number of ether oxygens (including phenoxy) is 2. The van der Waals surface area contributed by atoms with E-state index in [1.807, 2.05) is 39.0 Å². The number of allylic oxidation sites excluding steroid dienone is 1. The number of pyridine rings is 2. The Hall–Kier alpha value is -5.14. The minimum Gasteiger partial charge on any atom is -0.492 e. The molecule has 0 fully saturated rings. The van der Waals surface area contributed by atoms with Gasteiger partial charge in [0.05, 0.1) is 45.5 Å². The molecule has 0 spiro atoms. The first-order valence-corrected chi connectivity index (χ1v) is 13.9. The Kier molecular flexibility index (Phi) is 10.5. The molecule has 11 heteroatoms. The summed E-state index contributed by atoms with van der Waals surface area (Å²) in [5.74, 6) is 0.533. The molecule has 0 bridgehead atoms. The number of aromatic nitrogens is 2. The van der Waals surface area contributed by atoms with Crippen molar-refractivity contribution < 1.29 is 19.1 Å². The number of hydrogen-bond donors (Lipinski definition) is 2. The van der Waals surface area contributed by atoms with Crippen molar-refractivity contribution in [1.82, 2.24) is 9.97 Å². The summed E-state index contributed by atoms with van der Waals surface area (Å²) in [4.78, 5) is 26.7. The Bertz CT molecular complexity index is 1700. The molecule has 2 aromatic carbocycles. The highest BCUT2D eigenvalue weighted by atomic mass is 35.5. The van der Waals surface area contributed by atoms with Crippen LogP contribution in [0.5, 0.6) is 11.5 Å². The van der Waals surface area contributed by atoms with Crippen LogP contribution in [-0.4, -0.2) is 34.3 Å². The predicted molar refractivity (Wildman–Crippen MR) is 168 cm³/mol. The molecule has 2 N–H and O–H groups in total. The van der Waals surface area contributed by atoms with Crippen LogP contribution in [0, 0.1) is 11.3 Å². The van der Waals surface area contributed by atoms with Gasteiger partial charge in [0.15, 0.2) is 0 Å². The van der Waals surface area contributed by atoms with Crippen molar-refractivity contribution in [2.75, 3.05) is 17.2 Å². The van der Waals surface area contributed by atoms with Crippen molar-refractivity contribution in [3.63, 3.8) is 0 Å². The molecule has 10 nitrogen and oxygen atoms in total. The lowest BCUT2D eigenvalue weighted by Crippen LogP contribution is -2.10. The van der Waals surface area contributed by atoms with E-state index in [0.717, 1.165) is 5.69 Å². The first-order valence-electron chi connectivity index (χ1n) is 13.6. The molecule has 2 aromatic heterocycles. The van der Waals surface area contributed by atoms with Gasteiger partial charge in [-0.3, -0.25) is 14.8 Å². The maximum absolute atomic E-state index is 12.8. The van der Waals surface area contributed by atoms with Crippen LogP contribution in [0.1, 0.15) is 39.0 Å². The van der Waals surface area contributed by atoms with Crippen LogP contribution in [0.3, 0.4) is 0 Å². The first kappa shape index (κ1) is 30.8. The van der Waals surface area contributed by atoms with E-state index in [1.54, 1.807) is 49.5 Å². The number of benzene rings is 2. The van der Waals surface area contributed by atoms with Crippen molar-refractivity contribution in [1.29, 1.82) is 5.26 Å². The minimum absolute atomic E-state index is 0.0715. The van der Waals surface area contributed by atoms with Gasteiger partial charge in [-0.1, -0.05) is 22.8 Å². The lowest BCUT2D eigenvalue weighted by atomic mass is 10.1. The van der Waals surface area contributed by atoms with E-state index in [2.05, 4.69) is 31.8 Å². The highest BCUT2D eigenvalue weighted by molar-refractivity contribution is 6.32. The number of amides is 1. The van der Waals surface area contributed by atoms with Crippen molar-refractivity contribution in [2.24, 2.45) is 5.16 Å². The molecule has 43 heavy (non-hydrogen) atoms. The maximum Gasteiger partial charge on any atom is 0.248 e. The van der Waals surface area contributed by atoms with Crippen molar-refractivity contribution in [3.05, 3.63) is 89.4 Å². The molecule has 0 saturated heterocycles. The van der Waals surface area contributed by atoms with E-state index in [-0.39, 0.29) is 12.7 Å². The summed E-state index contributed by atoms with van der Waals surface area (Å²) >= 11 is 6.53. The van der Waals surface area contributed by atoms with E-state index >= 15 is 0 Å². The number of anilines is 3. The van der Waals surface area contributed by atoms with Gasteiger partial charge in [0.25, 0.3) is 0 Å². The zero-order valence-corrected chi connectivity index (χ0v) is 25.0. The number of nitriles is 1. The number of fused-ring (bicyclic) bond motifs is 1. The molecule has 4 rings (SSSR count). The summed E-state index contributed by atoms with van der Waals surface area (Å²) in [7, 11) is 0. The molecule has 1 amide bonds. The second-order valence-electron chi connectivity index (χ2n) is 9.55. The summed E-state index contributed by atoms with van der Waals surface area (Å²) < 4.78 is 11.6. The monoisotopic (exact) mass is 598 g/mol. The number of halogens is 1. The SMILES string of the molecule is CCOc1cc2ncc(C#N)c(Nc3ccc(OCc4ccccn4)c(Cl)c3)c2cc1NC(=O)/C=C/C(C)=N\OC(C)C. The Balaban J connectivity index is 1.62. The molecular formula is C32H31ClN6O4. The van der Waals surface area contributed by atoms with Gasteiger partial charge in [-0.25, -0.2) is 0 Å². The molecule has 2 heterocycles. The quantitative estimate of drug-likeness (QED) is 0.0996. The van der Waals surface area contributed by atoms with Crippen LogP contribution in [0.25, 0.3) is 10.9 Å². The third-order valence-corrected chi connectivity index (χ3v) is 6.13. The summed E-state index contributed by atoms with van der Waals surface area (Å²) in [5, 5.41) is 21.0. The fourth-order valence-electron chi connectivity index (χ4n) is 3.88. The van der Waals surface area contributed by atoms with Gasteiger partial charge in [0.2, 0.25) is 5.91 Å². The second kappa shape index (κ2) is 14.7. The van der Waals surface area contributed by atoms with Gasteiger partial charge in [-0.15, -0.1) is 0 Å². The standard InChI is InChI=1S/C32H31ClN6O4/c1-5-41-30-16-27-25(15-28(30)38-31(40)12-9-21(4)39-43-20(2)3)32(22(17-34)18-36-27)37-23-10-11-29(26(33)14-23)42-19-24-8-6-7-13-35-24/h6-16,18,20H,5,19H2,1-4H3,(H,36,37)(H,38,40)/b12-9+,39-21-. The summed E-state index contributed by atoms with van der Waals surface area (Å²) in [6.07, 6.45) is 6.01. The molecule has 0 unspecified atom stereocenters. The third kappa shape index (κ3) is 8.44. The molecule has 220 valence electrons. The third-order valence-electron chi connectivity index (χ3n) is 5.83. The number of nitrogens with zero attached hydrogens (tertiary/aromatic N) is 4. The second-order valence-corrected chi connectivity index (χ2v) is 9.95. The zero-order valence-electron chi connectivity index (χ0n) is 24.2.